The molecule has 1 nitrogen and oxygen atoms in total. The average molecular weight is 234 g/mol. The van der Waals surface area contributed by atoms with E-state index >= 15 is 0 Å². The summed E-state index contributed by atoms with van der Waals surface area (Å²) in [6.45, 7) is 9.99. The minimum absolute atomic E-state index is 0.268. The summed E-state index contributed by atoms with van der Waals surface area (Å²) in [5.74, 6) is 2.80. The summed E-state index contributed by atoms with van der Waals surface area (Å²) in [5.41, 5.74) is 1.46. The molecule has 3 saturated carbocycles. The molecule has 0 aromatic rings. The van der Waals surface area contributed by atoms with Crippen LogP contribution in [0.15, 0.2) is 0 Å². The minimum Gasteiger partial charge on any atom is -0.659 e. The van der Waals surface area contributed by atoms with Crippen LogP contribution in [0.2, 0.25) is 0 Å². The van der Waals surface area contributed by atoms with Crippen molar-refractivity contribution in [3.05, 3.63) is 5.32 Å². The third kappa shape index (κ3) is 1.41. The third-order valence-electron chi connectivity index (χ3n) is 6.89. The van der Waals surface area contributed by atoms with Crippen molar-refractivity contribution in [3.8, 4) is 0 Å². The molecule has 3 fully saturated rings. The van der Waals surface area contributed by atoms with Crippen LogP contribution in [-0.2, 0) is 0 Å². The first kappa shape index (κ1) is 12.0. The lowest BCUT2D eigenvalue weighted by molar-refractivity contribution is 0.00604. The Hall–Kier alpha value is -0.0400. The maximum absolute atomic E-state index is 4.85. The number of nitrogens with zero attached hydrogens (tertiary/aromatic N) is 1. The molecule has 0 radical (unpaired) electrons. The minimum atomic E-state index is 0.268. The maximum Gasteiger partial charge on any atom is -0.0289 e. The zero-order valence-electron chi connectivity index (χ0n) is 12.2. The number of hydrogen-bond donors (Lipinski definition) is 0. The molecule has 0 heterocycles. The summed E-state index contributed by atoms with van der Waals surface area (Å²) in [5, 5.41) is 4.85. The van der Waals surface area contributed by atoms with Crippen LogP contribution in [0.4, 0.5) is 0 Å². The number of hydrogen-bond acceptors (Lipinski definition) is 0. The quantitative estimate of drug-likeness (QED) is 0.628. The van der Waals surface area contributed by atoms with E-state index < -0.39 is 0 Å². The van der Waals surface area contributed by atoms with E-state index in [1.807, 2.05) is 0 Å². The van der Waals surface area contributed by atoms with Gasteiger partial charge in [-0.05, 0) is 47.8 Å². The molecule has 0 aromatic heterocycles. The van der Waals surface area contributed by atoms with E-state index in [9.17, 15) is 0 Å². The zero-order chi connectivity index (χ0) is 12.5. The van der Waals surface area contributed by atoms with Gasteiger partial charge in [0.1, 0.15) is 0 Å². The van der Waals surface area contributed by atoms with E-state index in [0.29, 0.717) is 10.8 Å². The lowest BCUT2D eigenvalue weighted by atomic mass is 9.53. The second-order valence-corrected chi connectivity index (χ2v) is 8.06. The smallest absolute Gasteiger partial charge is 0.0289 e. The van der Waals surface area contributed by atoms with Crippen molar-refractivity contribution >= 4 is 0 Å². The van der Waals surface area contributed by atoms with E-state index in [4.69, 9.17) is 5.32 Å². The van der Waals surface area contributed by atoms with Crippen LogP contribution in [0, 0.1) is 28.6 Å². The summed E-state index contributed by atoms with van der Waals surface area (Å²) in [4.78, 5) is 0. The highest BCUT2D eigenvalue weighted by Crippen LogP contribution is 2.75. The molecule has 0 amide bonds. The van der Waals surface area contributed by atoms with Crippen LogP contribution < -0.4 is 0 Å². The fourth-order valence-corrected chi connectivity index (χ4v) is 5.75. The van der Waals surface area contributed by atoms with Crippen LogP contribution in [0.25, 0.3) is 5.32 Å². The molecular weight excluding hydrogens is 206 g/mol. The first-order valence-electron chi connectivity index (χ1n) is 7.46. The SMILES string of the molecule is C[N-][C@@]1(C)CCC[C@@]2(C)CC[C@@H]3[C@H]([C@@H]21)C3(C)C. The first-order valence-corrected chi connectivity index (χ1v) is 7.46. The second kappa shape index (κ2) is 3.29. The number of rotatable bonds is 1. The van der Waals surface area contributed by atoms with Gasteiger partial charge in [0, 0.05) is 0 Å². The van der Waals surface area contributed by atoms with Crippen molar-refractivity contribution in [1.82, 2.24) is 0 Å². The van der Waals surface area contributed by atoms with Gasteiger partial charge in [-0.25, -0.2) is 0 Å². The fourth-order valence-electron chi connectivity index (χ4n) is 5.75. The van der Waals surface area contributed by atoms with Crippen LogP contribution in [-0.4, -0.2) is 12.6 Å². The molecule has 17 heavy (non-hydrogen) atoms. The fraction of sp³-hybridized carbons (Fsp3) is 1.00. The van der Waals surface area contributed by atoms with Gasteiger partial charge in [-0.3, -0.25) is 0 Å². The Kier molecular flexibility index (Phi) is 2.32. The Morgan fingerprint density at radius 1 is 1.00 bits per heavy atom. The molecule has 3 rings (SSSR count). The molecule has 0 spiro atoms. The summed E-state index contributed by atoms with van der Waals surface area (Å²) >= 11 is 0. The van der Waals surface area contributed by atoms with Gasteiger partial charge in [-0.2, -0.15) is 7.05 Å². The summed E-state index contributed by atoms with van der Waals surface area (Å²) in [6, 6.07) is 0. The van der Waals surface area contributed by atoms with Gasteiger partial charge in [-0.1, -0.05) is 40.5 Å². The van der Waals surface area contributed by atoms with E-state index in [1.54, 1.807) is 0 Å². The molecule has 0 N–H and O–H groups in total. The molecule has 0 saturated heterocycles. The molecule has 5 atom stereocenters. The maximum atomic E-state index is 4.85. The highest BCUT2D eigenvalue weighted by atomic mass is 15.0. The highest BCUT2D eigenvalue weighted by molar-refractivity contribution is 5.23. The zero-order valence-corrected chi connectivity index (χ0v) is 12.2. The van der Waals surface area contributed by atoms with Crippen molar-refractivity contribution in [2.45, 2.75) is 65.3 Å². The molecule has 0 aliphatic heterocycles. The van der Waals surface area contributed by atoms with Crippen LogP contribution in [0.3, 0.4) is 0 Å². The molecule has 98 valence electrons. The summed E-state index contributed by atoms with van der Waals surface area (Å²) in [7, 11) is 2.06. The number of fused-ring (bicyclic) bond motifs is 3. The van der Waals surface area contributed by atoms with Gasteiger partial charge >= 0.3 is 0 Å². The van der Waals surface area contributed by atoms with Crippen molar-refractivity contribution in [2.75, 3.05) is 7.05 Å². The van der Waals surface area contributed by atoms with E-state index in [-0.39, 0.29) is 5.54 Å². The third-order valence-corrected chi connectivity index (χ3v) is 6.89. The first-order chi connectivity index (χ1) is 7.85. The Morgan fingerprint density at radius 3 is 2.35 bits per heavy atom. The van der Waals surface area contributed by atoms with Gasteiger partial charge in [0.05, 0.1) is 0 Å². The Bertz CT molecular complexity index is 324. The van der Waals surface area contributed by atoms with Crippen molar-refractivity contribution < 1.29 is 0 Å². The van der Waals surface area contributed by atoms with Crippen LogP contribution in [0.1, 0.15) is 59.8 Å². The van der Waals surface area contributed by atoms with Crippen LogP contribution >= 0.6 is 0 Å². The van der Waals surface area contributed by atoms with Crippen molar-refractivity contribution in [3.63, 3.8) is 0 Å². The highest BCUT2D eigenvalue weighted by Gasteiger charge is 2.68. The van der Waals surface area contributed by atoms with Gasteiger partial charge in [0.2, 0.25) is 0 Å². The Labute approximate surface area is 107 Å². The lowest BCUT2D eigenvalue weighted by Gasteiger charge is -2.61. The van der Waals surface area contributed by atoms with Crippen molar-refractivity contribution in [2.24, 2.45) is 28.6 Å². The molecule has 0 bridgehead atoms. The van der Waals surface area contributed by atoms with E-state index in [2.05, 4.69) is 34.7 Å². The molecule has 3 aliphatic rings. The normalized spacial score (nSPS) is 55.9. The van der Waals surface area contributed by atoms with Crippen molar-refractivity contribution in [1.29, 1.82) is 0 Å². The largest absolute Gasteiger partial charge is 0.659 e. The van der Waals surface area contributed by atoms with Gasteiger partial charge in [-0.15, -0.1) is 5.54 Å². The monoisotopic (exact) mass is 234 g/mol. The van der Waals surface area contributed by atoms with Gasteiger partial charge in [0.15, 0.2) is 0 Å². The molecular formula is C16H28N-. The predicted molar refractivity (Wildman–Crippen MR) is 73.1 cm³/mol. The Morgan fingerprint density at radius 2 is 1.71 bits per heavy atom. The summed E-state index contributed by atoms with van der Waals surface area (Å²) in [6.07, 6.45) is 7.08. The topological polar surface area (TPSA) is 14.1 Å². The summed E-state index contributed by atoms with van der Waals surface area (Å²) < 4.78 is 0. The lowest BCUT2D eigenvalue weighted by Crippen LogP contribution is -2.50. The van der Waals surface area contributed by atoms with Crippen LogP contribution in [0.5, 0.6) is 0 Å². The van der Waals surface area contributed by atoms with Gasteiger partial charge < -0.3 is 5.32 Å². The van der Waals surface area contributed by atoms with E-state index in [1.165, 1.54) is 32.1 Å². The average Bonchev–Trinajstić information content (AvgIpc) is 2.80. The molecule has 0 aromatic carbocycles. The van der Waals surface area contributed by atoms with E-state index in [0.717, 1.165) is 17.8 Å². The molecule has 0 unspecified atom stereocenters. The Balaban J connectivity index is 1.98. The predicted octanol–water partition coefficient (Wildman–Crippen LogP) is 4.62. The molecule has 3 aliphatic carbocycles. The second-order valence-electron chi connectivity index (χ2n) is 8.06. The molecule has 1 heteroatoms. The standard InChI is InChI=1S/C16H28N/c1-14(2)11-7-10-15(3)8-6-9-16(4,17-5)13(15)12(11)14/h11-13H,6-10H2,1-5H3/q-1/t11-,12-,13+,15+,16+/m1/s1. The van der Waals surface area contributed by atoms with Gasteiger partial charge in [0.25, 0.3) is 0 Å².